The molecule has 0 nitrogen and oxygen atoms in total. The summed E-state index contributed by atoms with van der Waals surface area (Å²) in [6, 6.07) is 2.24. The maximum absolute atomic E-state index is 3.62. The molecule has 0 aliphatic rings. The van der Waals surface area contributed by atoms with Gasteiger partial charge >= 0.3 is 0 Å². The summed E-state index contributed by atoms with van der Waals surface area (Å²) in [7, 11) is 0. The lowest BCUT2D eigenvalue weighted by molar-refractivity contribution is 0.432. The summed E-state index contributed by atoms with van der Waals surface area (Å²) in [5.41, 5.74) is 1.46. The Morgan fingerprint density at radius 1 is 1.27 bits per heavy atom. The molecule has 0 N–H and O–H groups in total. The molecule has 1 atom stereocenters. The van der Waals surface area contributed by atoms with Gasteiger partial charge in [0.25, 0.3) is 0 Å². The average Bonchev–Trinajstić information content (AvgIpc) is 2.52. The van der Waals surface area contributed by atoms with Crippen molar-refractivity contribution in [2.75, 3.05) is 0 Å². The van der Waals surface area contributed by atoms with E-state index in [0.29, 0.717) is 0 Å². The number of hydrogen-bond donors (Lipinski definition) is 0. The molecule has 0 amide bonds. The molecule has 0 saturated heterocycles. The molecule has 1 aromatic heterocycles. The van der Waals surface area contributed by atoms with Gasteiger partial charge in [0.15, 0.2) is 0 Å². The summed E-state index contributed by atoms with van der Waals surface area (Å²) in [6.45, 7) is 4.58. The average molecular weight is 354 g/mol. The van der Waals surface area contributed by atoms with Crippen LogP contribution in [0.2, 0.25) is 0 Å². The lowest BCUT2D eigenvalue weighted by Crippen LogP contribution is -2.00. The molecular formula is C12H18Br2S. The van der Waals surface area contributed by atoms with Crippen LogP contribution >= 0.6 is 43.2 Å². The van der Waals surface area contributed by atoms with E-state index < -0.39 is 0 Å². The Balaban J connectivity index is 2.44. The SMILES string of the molecule is CCCC(CC)CCc1cc(Br)sc1Br. The van der Waals surface area contributed by atoms with Crippen LogP contribution in [0.4, 0.5) is 0 Å². The Labute approximate surface area is 114 Å². The minimum absolute atomic E-state index is 0.903. The number of rotatable bonds is 6. The van der Waals surface area contributed by atoms with E-state index in [1.54, 1.807) is 11.3 Å². The third kappa shape index (κ3) is 4.58. The molecule has 1 rings (SSSR count). The molecule has 1 heterocycles. The summed E-state index contributed by atoms with van der Waals surface area (Å²) in [5, 5.41) is 0. The number of hydrogen-bond acceptors (Lipinski definition) is 1. The molecular weight excluding hydrogens is 336 g/mol. The largest absolute Gasteiger partial charge is 0.121 e. The highest BCUT2D eigenvalue weighted by atomic mass is 79.9. The number of thiophene rings is 1. The third-order valence-electron chi connectivity index (χ3n) is 2.82. The predicted molar refractivity (Wildman–Crippen MR) is 76.7 cm³/mol. The minimum Gasteiger partial charge on any atom is -0.121 e. The Morgan fingerprint density at radius 3 is 2.47 bits per heavy atom. The second-order valence-corrected chi connectivity index (χ2v) is 7.70. The lowest BCUT2D eigenvalue weighted by Gasteiger charge is -2.12. The van der Waals surface area contributed by atoms with Crippen LogP contribution in [0.1, 0.15) is 45.1 Å². The van der Waals surface area contributed by atoms with E-state index in [-0.39, 0.29) is 0 Å². The van der Waals surface area contributed by atoms with Crippen molar-refractivity contribution in [1.82, 2.24) is 0 Å². The van der Waals surface area contributed by atoms with Crippen LogP contribution in [0.3, 0.4) is 0 Å². The predicted octanol–water partition coefficient (Wildman–Crippen LogP) is 6.03. The molecule has 0 spiro atoms. The fourth-order valence-electron chi connectivity index (χ4n) is 1.87. The van der Waals surface area contributed by atoms with Crippen molar-refractivity contribution in [3.63, 3.8) is 0 Å². The maximum Gasteiger partial charge on any atom is 0.0742 e. The molecule has 1 aromatic rings. The molecule has 1 unspecified atom stereocenters. The molecule has 86 valence electrons. The van der Waals surface area contributed by atoms with Crippen LogP contribution < -0.4 is 0 Å². The van der Waals surface area contributed by atoms with Crippen molar-refractivity contribution >= 4 is 43.2 Å². The van der Waals surface area contributed by atoms with Gasteiger partial charge in [-0.2, -0.15) is 0 Å². The first-order valence-electron chi connectivity index (χ1n) is 5.61. The highest BCUT2D eigenvalue weighted by Gasteiger charge is 2.09. The second-order valence-electron chi connectivity index (χ2n) is 3.95. The first-order chi connectivity index (χ1) is 7.17. The molecule has 0 aliphatic carbocycles. The van der Waals surface area contributed by atoms with Crippen molar-refractivity contribution in [3.8, 4) is 0 Å². The van der Waals surface area contributed by atoms with E-state index in [4.69, 9.17) is 0 Å². The summed E-state index contributed by atoms with van der Waals surface area (Å²) in [6.07, 6.45) is 6.54. The van der Waals surface area contributed by atoms with Gasteiger partial charge in [-0.3, -0.25) is 0 Å². The molecule has 0 aromatic carbocycles. The van der Waals surface area contributed by atoms with Crippen LogP contribution in [-0.2, 0) is 6.42 Å². The van der Waals surface area contributed by atoms with Crippen LogP contribution in [0.25, 0.3) is 0 Å². The monoisotopic (exact) mass is 352 g/mol. The molecule has 0 fully saturated rings. The molecule has 3 heteroatoms. The maximum atomic E-state index is 3.62. The van der Waals surface area contributed by atoms with Crippen LogP contribution in [0.5, 0.6) is 0 Å². The summed E-state index contributed by atoms with van der Waals surface area (Å²) < 4.78 is 2.52. The summed E-state index contributed by atoms with van der Waals surface area (Å²) >= 11 is 8.92. The van der Waals surface area contributed by atoms with Crippen LogP contribution in [-0.4, -0.2) is 0 Å². The fourth-order valence-corrected chi connectivity index (χ4v) is 4.78. The van der Waals surface area contributed by atoms with E-state index in [1.807, 2.05) is 0 Å². The van der Waals surface area contributed by atoms with E-state index in [1.165, 1.54) is 45.2 Å². The van der Waals surface area contributed by atoms with Crippen molar-refractivity contribution in [1.29, 1.82) is 0 Å². The van der Waals surface area contributed by atoms with E-state index in [9.17, 15) is 0 Å². The summed E-state index contributed by atoms with van der Waals surface area (Å²) in [5.74, 6) is 0.903. The van der Waals surface area contributed by atoms with Crippen molar-refractivity contribution in [2.45, 2.75) is 46.0 Å². The Hall–Kier alpha value is 0.660. The smallest absolute Gasteiger partial charge is 0.0742 e. The van der Waals surface area contributed by atoms with Gasteiger partial charge in [-0.05, 0) is 62.2 Å². The van der Waals surface area contributed by atoms with Crippen molar-refractivity contribution in [3.05, 3.63) is 19.2 Å². The summed E-state index contributed by atoms with van der Waals surface area (Å²) in [4.78, 5) is 0. The number of aryl methyl sites for hydroxylation is 1. The Morgan fingerprint density at radius 2 is 2.00 bits per heavy atom. The molecule has 0 aliphatic heterocycles. The van der Waals surface area contributed by atoms with Gasteiger partial charge in [0.1, 0.15) is 0 Å². The second kappa shape index (κ2) is 7.08. The molecule has 15 heavy (non-hydrogen) atoms. The first kappa shape index (κ1) is 13.7. The Kier molecular flexibility index (Phi) is 6.48. The third-order valence-corrected chi connectivity index (χ3v) is 5.29. The zero-order valence-electron chi connectivity index (χ0n) is 9.35. The van der Waals surface area contributed by atoms with Gasteiger partial charge in [-0.1, -0.05) is 33.1 Å². The van der Waals surface area contributed by atoms with Gasteiger partial charge in [-0.25, -0.2) is 0 Å². The minimum atomic E-state index is 0.903. The van der Waals surface area contributed by atoms with E-state index in [2.05, 4.69) is 51.8 Å². The normalized spacial score (nSPS) is 13.1. The lowest BCUT2D eigenvalue weighted by atomic mass is 9.94. The molecule has 0 saturated carbocycles. The van der Waals surface area contributed by atoms with E-state index in [0.717, 1.165) is 5.92 Å². The van der Waals surface area contributed by atoms with Gasteiger partial charge in [-0.15, -0.1) is 11.3 Å². The highest BCUT2D eigenvalue weighted by Crippen LogP contribution is 2.33. The highest BCUT2D eigenvalue weighted by molar-refractivity contribution is 9.12. The van der Waals surface area contributed by atoms with Gasteiger partial charge in [0.05, 0.1) is 7.57 Å². The fraction of sp³-hybridized carbons (Fsp3) is 0.667. The Bertz CT molecular complexity index is 294. The first-order valence-corrected chi connectivity index (χ1v) is 8.01. The molecule has 0 radical (unpaired) electrons. The van der Waals surface area contributed by atoms with E-state index >= 15 is 0 Å². The van der Waals surface area contributed by atoms with Crippen molar-refractivity contribution in [2.24, 2.45) is 5.92 Å². The van der Waals surface area contributed by atoms with Crippen molar-refractivity contribution < 1.29 is 0 Å². The van der Waals surface area contributed by atoms with Gasteiger partial charge in [0.2, 0.25) is 0 Å². The zero-order valence-corrected chi connectivity index (χ0v) is 13.3. The standard InChI is InChI=1S/C12H18Br2S/c1-3-5-9(4-2)6-7-10-8-11(13)15-12(10)14/h8-9H,3-7H2,1-2H3. The van der Waals surface area contributed by atoms with Crippen LogP contribution in [0, 0.1) is 5.92 Å². The van der Waals surface area contributed by atoms with Crippen LogP contribution in [0.15, 0.2) is 13.6 Å². The number of halogens is 2. The van der Waals surface area contributed by atoms with Gasteiger partial charge in [0, 0.05) is 0 Å². The molecule has 0 bridgehead atoms. The zero-order chi connectivity index (χ0) is 11.3. The topological polar surface area (TPSA) is 0 Å². The van der Waals surface area contributed by atoms with Gasteiger partial charge < -0.3 is 0 Å². The quantitative estimate of drug-likeness (QED) is 0.585.